The van der Waals surface area contributed by atoms with Crippen LogP contribution in [0.1, 0.15) is 78.1 Å². The molecule has 0 radical (unpaired) electrons. The molecule has 1 N–H and O–H groups in total. The molecular formula is C17H29N3O2. The molecule has 0 unspecified atom stereocenters. The van der Waals surface area contributed by atoms with E-state index in [-0.39, 0.29) is 11.5 Å². The summed E-state index contributed by atoms with van der Waals surface area (Å²) in [6.07, 6.45) is 5.41. The summed E-state index contributed by atoms with van der Waals surface area (Å²) < 4.78 is 11.4. The van der Waals surface area contributed by atoms with Gasteiger partial charge < -0.3 is 14.6 Å². The number of aromatic nitrogens is 2. The zero-order chi connectivity index (χ0) is 16.0. The van der Waals surface area contributed by atoms with E-state index in [1.54, 1.807) is 0 Å². The molecule has 0 bridgehead atoms. The smallest absolute Gasteiger partial charge is 0.243 e. The highest BCUT2D eigenvalue weighted by Crippen LogP contribution is 2.57. The predicted octanol–water partition coefficient (Wildman–Crippen LogP) is 3.37. The lowest BCUT2D eigenvalue weighted by atomic mass is 9.51. The summed E-state index contributed by atoms with van der Waals surface area (Å²) in [5.41, 5.74) is 0.282. The summed E-state index contributed by atoms with van der Waals surface area (Å²) in [5, 5.41) is 7.83. The van der Waals surface area contributed by atoms with Gasteiger partial charge in [0.05, 0.1) is 12.1 Å². The van der Waals surface area contributed by atoms with Crippen molar-refractivity contribution in [3.8, 4) is 0 Å². The third-order valence-corrected chi connectivity index (χ3v) is 5.37. The SMILES string of the molecule is CCO[C@@H]1C[C@H](N[C@@H](C)c2nc(C(C)(C)C)no2)C12CCC2. The van der Waals surface area contributed by atoms with E-state index in [2.05, 4.69) is 50.1 Å². The van der Waals surface area contributed by atoms with Crippen molar-refractivity contribution in [3.05, 3.63) is 11.7 Å². The third kappa shape index (κ3) is 2.58. The Balaban J connectivity index is 1.63. The fraction of sp³-hybridized carbons (Fsp3) is 0.882. The van der Waals surface area contributed by atoms with Gasteiger partial charge in [-0.15, -0.1) is 0 Å². The van der Waals surface area contributed by atoms with Crippen LogP contribution in [0.25, 0.3) is 0 Å². The van der Waals surface area contributed by atoms with Gasteiger partial charge in [0.25, 0.3) is 0 Å². The highest BCUT2D eigenvalue weighted by molar-refractivity contribution is 5.13. The van der Waals surface area contributed by atoms with Gasteiger partial charge in [-0.05, 0) is 33.1 Å². The Labute approximate surface area is 133 Å². The van der Waals surface area contributed by atoms with Crippen molar-refractivity contribution >= 4 is 0 Å². The fourth-order valence-corrected chi connectivity index (χ4v) is 3.76. The first kappa shape index (κ1) is 15.9. The Bertz CT molecular complexity index is 516. The number of rotatable bonds is 5. The minimum Gasteiger partial charge on any atom is -0.378 e. The first-order valence-electron chi connectivity index (χ1n) is 8.58. The third-order valence-electron chi connectivity index (χ3n) is 5.37. The maximum Gasteiger partial charge on any atom is 0.243 e. The van der Waals surface area contributed by atoms with Crippen molar-refractivity contribution < 1.29 is 9.26 Å². The van der Waals surface area contributed by atoms with Crippen LogP contribution >= 0.6 is 0 Å². The second-order valence-electron chi connectivity index (χ2n) is 7.91. The summed E-state index contributed by atoms with van der Waals surface area (Å²) in [7, 11) is 0. The number of ether oxygens (including phenoxy) is 1. The second kappa shape index (κ2) is 5.60. The molecule has 1 heterocycles. The normalized spacial score (nSPS) is 28.2. The van der Waals surface area contributed by atoms with Crippen molar-refractivity contribution in [2.75, 3.05) is 6.61 Å². The summed E-state index contributed by atoms with van der Waals surface area (Å²) in [5.74, 6) is 1.47. The molecule has 0 saturated heterocycles. The van der Waals surface area contributed by atoms with Crippen LogP contribution in [-0.2, 0) is 10.2 Å². The first-order valence-corrected chi connectivity index (χ1v) is 8.58. The summed E-state index contributed by atoms with van der Waals surface area (Å²) in [4.78, 5) is 4.57. The van der Waals surface area contributed by atoms with E-state index in [0.717, 1.165) is 18.9 Å². The Morgan fingerprint density at radius 1 is 1.41 bits per heavy atom. The van der Waals surface area contributed by atoms with Crippen LogP contribution in [0.15, 0.2) is 4.52 Å². The number of nitrogens with zero attached hydrogens (tertiary/aromatic N) is 2. The van der Waals surface area contributed by atoms with Crippen LogP contribution in [-0.4, -0.2) is 28.9 Å². The topological polar surface area (TPSA) is 60.2 Å². The van der Waals surface area contributed by atoms with Gasteiger partial charge in [-0.1, -0.05) is 32.3 Å². The van der Waals surface area contributed by atoms with E-state index in [4.69, 9.17) is 9.26 Å². The number of hydrogen-bond acceptors (Lipinski definition) is 5. The van der Waals surface area contributed by atoms with Crippen molar-refractivity contribution in [1.29, 1.82) is 0 Å². The minimum absolute atomic E-state index is 0.0762. The molecule has 5 heteroatoms. The number of hydrogen-bond donors (Lipinski definition) is 1. The quantitative estimate of drug-likeness (QED) is 0.904. The molecule has 3 atom stereocenters. The number of nitrogens with one attached hydrogen (secondary N) is 1. The van der Waals surface area contributed by atoms with Crippen molar-refractivity contribution in [2.45, 2.75) is 83.9 Å². The van der Waals surface area contributed by atoms with Gasteiger partial charge in [0, 0.05) is 23.5 Å². The van der Waals surface area contributed by atoms with Crippen molar-refractivity contribution in [3.63, 3.8) is 0 Å². The van der Waals surface area contributed by atoms with Gasteiger partial charge in [-0.25, -0.2) is 0 Å². The molecule has 1 spiro atoms. The molecule has 0 aliphatic heterocycles. The molecule has 2 fully saturated rings. The summed E-state index contributed by atoms with van der Waals surface area (Å²) in [6.45, 7) is 11.3. The average Bonchev–Trinajstić information content (AvgIpc) is 2.84. The van der Waals surface area contributed by atoms with E-state index in [1.165, 1.54) is 19.3 Å². The Morgan fingerprint density at radius 2 is 2.14 bits per heavy atom. The van der Waals surface area contributed by atoms with E-state index in [1.807, 2.05) is 0 Å². The maximum absolute atomic E-state index is 5.91. The highest BCUT2D eigenvalue weighted by Gasteiger charge is 2.59. The largest absolute Gasteiger partial charge is 0.378 e. The average molecular weight is 307 g/mol. The zero-order valence-electron chi connectivity index (χ0n) is 14.5. The monoisotopic (exact) mass is 307 g/mol. The lowest BCUT2D eigenvalue weighted by Crippen LogP contribution is -2.67. The Hall–Kier alpha value is -0.940. The minimum atomic E-state index is -0.0762. The molecule has 5 nitrogen and oxygen atoms in total. The van der Waals surface area contributed by atoms with Crippen LogP contribution < -0.4 is 5.32 Å². The van der Waals surface area contributed by atoms with Gasteiger partial charge in [0.2, 0.25) is 5.89 Å². The molecule has 2 aliphatic carbocycles. The van der Waals surface area contributed by atoms with Crippen LogP contribution in [0.4, 0.5) is 0 Å². The second-order valence-corrected chi connectivity index (χ2v) is 7.91. The molecule has 0 amide bonds. The zero-order valence-corrected chi connectivity index (χ0v) is 14.5. The molecular weight excluding hydrogens is 278 g/mol. The van der Waals surface area contributed by atoms with E-state index in [0.29, 0.717) is 23.5 Å². The Morgan fingerprint density at radius 3 is 2.64 bits per heavy atom. The van der Waals surface area contributed by atoms with Crippen molar-refractivity contribution in [2.24, 2.45) is 5.41 Å². The lowest BCUT2D eigenvalue weighted by Gasteiger charge is -2.61. The molecule has 1 aromatic heterocycles. The molecule has 2 saturated carbocycles. The first-order chi connectivity index (χ1) is 10.4. The van der Waals surface area contributed by atoms with Crippen LogP contribution in [0.5, 0.6) is 0 Å². The molecule has 124 valence electrons. The van der Waals surface area contributed by atoms with E-state index >= 15 is 0 Å². The summed E-state index contributed by atoms with van der Waals surface area (Å²) >= 11 is 0. The van der Waals surface area contributed by atoms with Crippen molar-refractivity contribution in [1.82, 2.24) is 15.5 Å². The highest BCUT2D eigenvalue weighted by atomic mass is 16.5. The van der Waals surface area contributed by atoms with Gasteiger partial charge in [0.1, 0.15) is 0 Å². The van der Waals surface area contributed by atoms with Gasteiger partial charge in [0.15, 0.2) is 5.82 Å². The van der Waals surface area contributed by atoms with Gasteiger partial charge in [-0.2, -0.15) is 4.98 Å². The summed E-state index contributed by atoms with van der Waals surface area (Å²) in [6, 6.07) is 0.603. The maximum atomic E-state index is 5.91. The molecule has 2 aliphatic rings. The van der Waals surface area contributed by atoms with Gasteiger partial charge in [-0.3, -0.25) is 0 Å². The lowest BCUT2D eigenvalue weighted by molar-refractivity contribution is -0.175. The molecule has 22 heavy (non-hydrogen) atoms. The van der Waals surface area contributed by atoms with E-state index < -0.39 is 0 Å². The van der Waals surface area contributed by atoms with Crippen LogP contribution in [0.3, 0.4) is 0 Å². The predicted molar refractivity (Wildman–Crippen MR) is 84.7 cm³/mol. The van der Waals surface area contributed by atoms with Crippen LogP contribution in [0, 0.1) is 5.41 Å². The molecule has 1 aromatic rings. The molecule has 3 rings (SSSR count). The van der Waals surface area contributed by atoms with E-state index in [9.17, 15) is 0 Å². The Kier molecular flexibility index (Phi) is 4.06. The van der Waals surface area contributed by atoms with Crippen LogP contribution in [0.2, 0.25) is 0 Å². The molecule has 0 aromatic carbocycles. The standard InChI is InChI=1S/C17H29N3O2/c1-6-21-13-10-12(17(13)8-7-9-17)18-11(2)14-19-15(20-22-14)16(3,4)5/h11-13,18H,6-10H2,1-5H3/t11-,12-,13+/m0/s1. The fourth-order valence-electron chi connectivity index (χ4n) is 3.76. The van der Waals surface area contributed by atoms with Gasteiger partial charge >= 0.3 is 0 Å².